The van der Waals surface area contributed by atoms with E-state index in [4.69, 9.17) is 9.47 Å². The van der Waals surface area contributed by atoms with Gasteiger partial charge in [-0.3, -0.25) is 9.69 Å². The van der Waals surface area contributed by atoms with Crippen LogP contribution in [0.25, 0.3) is 11.1 Å². The van der Waals surface area contributed by atoms with Gasteiger partial charge in [0.05, 0.1) is 13.2 Å². The number of anilines is 1. The van der Waals surface area contributed by atoms with Crippen molar-refractivity contribution in [1.29, 1.82) is 0 Å². The standard InChI is InChI=1S/C21H24N2O6S/c1-4-28-19(24)21(2,30(3,26)27)12-17-14-23(20(25)29-17)18-11-10-16(13-22-18)15-8-6-5-7-9-15/h5-11,13,17H,4,12,14H2,1-3H3/t17-,21+/m0/s1. The van der Waals surface area contributed by atoms with Gasteiger partial charge in [-0.25, -0.2) is 18.2 Å². The van der Waals surface area contributed by atoms with Crippen LogP contribution in [0.3, 0.4) is 0 Å². The van der Waals surface area contributed by atoms with Crippen molar-refractivity contribution < 1.29 is 27.5 Å². The molecule has 0 radical (unpaired) electrons. The van der Waals surface area contributed by atoms with Crippen molar-refractivity contribution >= 4 is 27.7 Å². The second-order valence-corrected chi connectivity index (χ2v) is 9.76. The molecular formula is C21H24N2O6S. The van der Waals surface area contributed by atoms with Crippen molar-refractivity contribution in [3.05, 3.63) is 48.7 Å². The summed E-state index contributed by atoms with van der Waals surface area (Å²) in [6, 6.07) is 13.2. The molecule has 1 aromatic carbocycles. The number of aromatic nitrogens is 1. The number of sulfone groups is 1. The molecule has 8 nitrogen and oxygen atoms in total. The topological polar surface area (TPSA) is 103 Å². The SMILES string of the molecule is CCOC(=O)[C@@](C)(C[C@H]1CN(c2ccc(-c3ccccc3)cn2)C(=O)O1)S(C)(=O)=O. The summed E-state index contributed by atoms with van der Waals surface area (Å²) in [6.45, 7) is 3.03. The molecular weight excluding hydrogens is 408 g/mol. The van der Waals surface area contributed by atoms with E-state index in [1.54, 1.807) is 19.2 Å². The van der Waals surface area contributed by atoms with Gasteiger partial charge >= 0.3 is 12.1 Å². The average Bonchev–Trinajstić information content (AvgIpc) is 3.08. The molecule has 1 amide bonds. The summed E-state index contributed by atoms with van der Waals surface area (Å²) in [5.74, 6) is -0.466. The Kier molecular flexibility index (Phi) is 6.12. The molecule has 1 fully saturated rings. The summed E-state index contributed by atoms with van der Waals surface area (Å²) >= 11 is 0. The van der Waals surface area contributed by atoms with Gasteiger partial charge < -0.3 is 9.47 Å². The number of carbonyl (C=O) groups excluding carboxylic acids is 2. The van der Waals surface area contributed by atoms with Crippen LogP contribution in [0, 0.1) is 0 Å². The number of hydrogen-bond acceptors (Lipinski definition) is 7. The maximum absolute atomic E-state index is 12.4. The third-order valence-electron chi connectivity index (χ3n) is 5.15. The zero-order chi connectivity index (χ0) is 21.9. The molecule has 9 heteroatoms. The van der Waals surface area contributed by atoms with Crippen LogP contribution < -0.4 is 4.90 Å². The highest BCUT2D eigenvalue weighted by atomic mass is 32.2. The van der Waals surface area contributed by atoms with E-state index in [1.165, 1.54) is 11.8 Å². The normalized spacial score (nSPS) is 18.6. The molecule has 30 heavy (non-hydrogen) atoms. The molecule has 2 heterocycles. The van der Waals surface area contributed by atoms with Crippen LogP contribution in [0.5, 0.6) is 0 Å². The number of amides is 1. The summed E-state index contributed by atoms with van der Waals surface area (Å²) in [6.07, 6.45) is 0.999. The Hall–Kier alpha value is -2.94. The highest BCUT2D eigenvalue weighted by Gasteiger charge is 2.49. The molecule has 1 saturated heterocycles. The van der Waals surface area contributed by atoms with Crippen LogP contribution in [-0.2, 0) is 24.1 Å². The highest BCUT2D eigenvalue weighted by Crippen LogP contribution is 2.30. The Morgan fingerprint density at radius 2 is 1.93 bits per heavy atom. The quantitative estimate of drug-likeness (QED) is 0.620. The summed E-state index contributed by atoms with van der Waals surface area (Å²) in [4.78, 5) is 30.4. The maximum Gasteiger partial charge on any atom is 0.415 e. The van der Waals surface area contributed by atoms with Crippen molar-refractivity contribution in [2.45, 2.75) is 31.1 Å². The number of hydrogen-bond donors (Lipinski definition) is 0. The number of cyclic esters (lactones) is 1. The Labute approximate surface area is 175 Å². The first kappa shape index (κ1) is 21.8. The van der Waals surface area contributed by atoms with Gasteiger partial charge in [-0.15, -0.1) is 0 Å². The van der Waals surface area contributed by atoms with Gasteiger partial charge in [-0.05, 0) is 31.5 Å². The minimum Gasteiger partial charge on any atom is -0.465 e. The fourth-order valence-electron chi connectivity index (χ4n) is 3.27. The first-order valence-corrected chi connectivity index (χ1v) is 11.4. The molecule has 0 bridgehead atoms. The molecule has 160 valence electrons. The van der Waals surface area contributed by atoms with E-state index in [-0.39, 0.29) is 19.6 Å². The lowest BCUT2D eigenvalue weighted by atomic mass is 10.0. The molecule has 2 aromatic rings. The lowest BCUT2D eigenvalue weighted by molar-refractivity contribution is -0.146. The van der Waals surface area contributed by atoms with E-state index < -0.39 is 32.8 Å². The Bertz CT molecular complexity index is 1020. The number of nitrogens with zero attached hydrogens (tertiary/aromatic N) is 2. The minimum atomic E-state index is -3.81. The zero-order valence-corrected chi connectivity index (χ0v) is 17.9. The van der Waals surface area contributed by atoms with E-state index in [0.29, 0.717) is 5.82 Å². The van der Waals surface area contributed by atoms with Crippen molar-refractivity contribution in [1.82, 2.24) is 4.98 Å². The van der Waals surface area contributed by atoms with Gasteiger partial charge in [0.2, 0.25) is 0 Å². The van der Waals surface area contributed by atoms with Crippen molar-refractivity contribution in [2.75, 3.05) is 24.3 Å². The number of pyridine rings is 1. The number of benzene rings is 1. The maximum atomic E-state index is 12.4. The van der Waals surface area contributed by atoms with Crippen LogP contribution in [0.2, 0.25) is 0 Å². The van der Waals surface area contributed by atoms with Crippen molar-refractivity contribution in [2.24, 2.45) is 0 Å². The fraction of sp³-hybridized carbons (Fsp3) is 0.381. The molecule has 1 aliphatic rings. The molecule has 1 aromatic heterocycles. The lowest BCUT2D eigenvalue weighted by Gasteiger charge is -2.27. The van der Waals surface area contributed by atoms with Gasteiger partial charge in [0, 0.05) is 24.4 Å². The third-order valence-corrected chi connectivity index (χ3v) is 7.12. The first-order chi connectivity index (χ1) is 14.2. The van der Waals surface area contributed by atoms with E-state index in [2.05, 4.69) is 4.98 Å². The van der Waals surface area contributed by atoms with Gasteiger partial charge in [-0.1, -0.05) is 30.3 Å². The van der Waals surface area contributed by atoms with Crippen LogP contribution in [0.1, 0.15) is 20.3 Å². The van der Waals surface area contributed by atoms with Gasteiger partial charge in [-0.2, -0.15) is 0 Å². The highest BCUT2D eigenvalue weighted by molar-refractivity contribution is 7.92. The zero-order valence-electron chi connectivity index (χ0n) is 17.1. The van der Waals surface area contributed by atoms with Crippen LogP contribution in [0.4, 0.5) is 10.6 Å². The van der Waals surface area contributed by atoms with Gasteiger partial charge in [0.25, 0.3) is 0 Å². The third kappa shape index (κ3) is 4.30. The second kappa shape index (κ2) is 8.43. The monoisotopic (exact) mass is 432 g/mol. The summed E-state index contributed by atoms with van der Waals surface area (Å²) in [7, 11) is -3.81. The Balaban J connectivity index is 1.76. The molecule has 0 N–H and O–H groups in total. The first-order valence-electron chi connectivity index (χ1n) is 9.52. The van der Waals surface area contributed by atoms with Gasteiger partial charge in [0.1, 0.15) is 11.9 Å². The number of esters is 1. The number of rotatable bonds is 7. The Morgan fingerprint density at radius 3 is 2.50 bits per heavy atom. The number of carbonyl (C=O) groups is 2. The van der Waals surface area contributed by atoms with Crippen molar-refractivity contribution in [3.63, 3.8) is 0 Å². The summed E-state index contributed by atoms with van der Waals surface area (Å²) < 4.78 is 33.1. The minimum absolute atomic E-state index is 0.0538. The molecule has 1 aliphatic heterocycles. The van der Waals surface area contributed by atoms with E-state index in [9.17, 15) is 18.0 Å². The van der Waals surface area contributed by atoms with Crippen LogP contribution >= 0.6 is 0 Å². The fourth-order valence-corrected chi connectivity index (χ4v) is 4.12. The molecule has 0 saturated carbocycles. The molecule has 0 unspecified atom stereocenters. The molecule has 0 aliphatic carbocycles. The largest absolute Gasteiger partial charge is 0.465 e. The molecule has 0 spiro atoms. The predicted molar refractivity (Wildman–Crippen MR) is 112 cm³/mol. The second-order valence-electron chi connectivity index (χ2n) is 7.32. The average molecular weight is 432 g/mol. The van der Waals surface area contributed by atoms with E-state index in [1.807, 2.05) is 36.4 Å². The molecule has 2 atom stereocenters. The summed E-state index contributed by atoms with van der Waals surface area (Å²) in [5, 5.41) is 0. The molecule has 3 rings (SSSR count). The van der Waals surface area contributed by atoms with Gasteiger partial charge in [0.15, 0.2) is 14.6 Å². The number of ether oxygens (including phenoxy) is 2. The van der Waals surface area contributed by atoms with Crippen molar-refractivity contribution in [3.8, 4) is 11.1 Å². The van der Waals surface area contributed by atoms with Crippen LogP contribution in [-0.4, -0.2) is 55.7 Å². The smallest absolute Gasteiger partial charge is 0.415 e. The van der Waals surface area contributed by atoms with E-state index in [0.717, 1.165) is 17.4 Å². The predicted octanol–water partition coefficient (Wildman–Crippen LogP) is 2.83. The lowest BCUT2D eigenvalue weighted by Crippen LogP contribution is -2.47. The van der Waals surface area contributed by atoms with E-state index >= 15 is 0 Å². The summed E-state index contributed by atoms with van der Waals surface area (Å²) in [5.41, 5.74) is 1.90. The Morgan fingerprint density at radius 1 is 1.23 bits per heavy atom. The van der Waals surface area contributed by atoms with Crippen LogP contribution in [0.15, 0.2) is 48.7 Å².